The second-order valence-electron chi connectivity index (χ2n) is 9.99. The van der Waals surface area contributed by atoms with Gasteiger partial charge in [-0.2, -0.15) is 0 Å². The van der Waals surface area contributed by atoms with Crippen molar-refractivity contribution in [1.82, 2.24) is 0 Å². The maximum Gasteiger partial charge on any atom is 0.119 e. The van der Waals surface area contributed by atoms with Crippen LogP contribution in [0.25, 0.3) is 0 Å². The number of ether oxygens (including phenoxy) is 3. The van der Waals surface area contributed by atoms with E-state index in [1.165, 1.54) is 101 Å². The monoisotopic (exact) mass is 496 g/mol. The lowest BCUT2D eigenvalue weighted by atomic mass is 10.0. The van der Waals surface area contributed by atoms with Crippen LogP contribution in [-0.4, -0.2) is 26.4 Å². The lowest BCUT2D eigenvalue weighted by molar-refractivity contribution is 0.0764. The molecule has 3 nitrogen and oxygen atoms in total. The molecule has 0 N–H and O–H groups in total. The summed E-state index contributed by atoms with van der Waals surface area (Å²) in [7, 11) is 0. The molecule has 2 aromatic carbocycles. The summed E-state index contributed by atoms with van der Waals surface area (Å²) in [6.45, 7) is 6.80. The molecule has 0 amide bonds. The summed E-state index contributed by atoms with van der Waals surface area (Å²) < 4.78 is 17.3. The standard InChI is InChI=1S/C33H52O3/c1-3-5-7-9-11-13-15-17-31-20-24-33(25-21-31)36-29-27-34-26-28-35-32-22-18-30(19-23-32)16-14-12-10-8-6-4-2/h18-25H,3-17,26-29H2,1-2H3. The van der Waals surface area contributed by atoms with E-state index in [0.29, 0.717) is 26.4 Å². The van der Waals surface area contributed by atoms with E-state index in [4.69, 9.17) is 14.2 Å². The smallest absolute Gasteiger partial charge is 0.119 e. The first-order valence-corrected chi connectivity index (χ1v) is 14.8. The number of hydrogen-bond acceptors (Lipinski definition) is 3. The van der Waals surface area contributed by atoms with Crippen LogP contribution in [0.2, 0.25) is 0 Å². The van der Waals surface area contributed by atoms with Gasteiger partial charge in [0.25, 0.3) is 0 Å². The molecule has 0 fully saturated rings. The summed E-state index contributed by atoms with van der Waals surface area (Å²) in [6.07, 6.45) is 19.9. The van der Waals surface area contributed by atoms with E-state index in [1.807, 2.05) is 0 Å². The number of unbranched alkanes of at least 4 members (excludes halogenated alkanes) is 11. The minimum absolute atomic E-state index is 0.560. The van der Waals surface area contributed by atoms with Crippen molar-refractivity contribution in [2.75, 3.05) is 26.4 Å². The molecule has 0 aliphatic carbocycles. The molecule has 0 aromatic heterocycles. The molecular formula is C33H52O3. The molecule has 0 spiro atoms. The van der Waals surface area contributed by atoms with Crippen molar-refractivity contribution in [3.63, 3.8) is 0 Å². The minimum Gasteiger partial charge on any atom is -0.491 e. The second-order valence-corrected chi connectivity index (χ2v) is 9.99. The molecule has 2 rings (SSSR count). The molecule has 2 aromatic rings. The van der Waals surface area contributed by atoms with Gasteiger partial charge >= 0.3 is 0 Å². The van der Waals surface area contributed by atoms with Gasteiger partial charge in [-0.15, -0.1) is 0 Å². The van der Waals surface area contributed by atoms with Crippen LogP contribution >= 0.6 is 0 Å². The Labute approximate surface area is 221 Å². The molecule has 0 saturated heterocycles. The summed E-state index contributed by atoms with van der Waals surface area (Å²) in [5, 5.41) is 0. The molecule has 0 atom stereocenters. The van der Waals surface area contributed by atoms with E-state index < -0.39 is 0 Å². The molecule has 36 heavy (non-hydrogen) atoms. The highest BCUT2D eigenvalue weighted by atomic mass is 16.5. The molecule has 0 aliphatic rings. The Kier molecular flexibility index (Phi) is 17.7. The summed E-state index contributed by atoms with van der Waals surface area (Å²) in [4.78, 5) is 0. The van der Waals surface area contributed by atoms with Gasteiger partial charge in [0.05, 0.1) is 13.2 Å². The first kappa shape index (κ1) is 30.2. The Morgan fingerprint density at radius 1 is 0.417 bits per heavy atom. The highest BCUT2D eigenvalue weighted by molar-refractivity contribution is 5.28. The Bertz CT molecular complexity index is 739. The molecule has 0 heterocycles. The Morgan fingerprint density at radius 2 is 0.778 bits per heavy atom. The summed E-state index contributed by atoms with van der Waals surface area (Å²) in [5.74, 6) is 1.83. The Hall–Kier alpha value is -2.00. The van der Waals surface area contributed by atoms with Gasteiger partial charge in [-0.3, -0.25) is 0 Å². The van der Waals surface area contributed by atoms with Crippen molar-refractivity contribution in [1.29, 1.82) is 0 Å². The van der Waals surface area contributed by atoms with Crippen molar-refractivity contribution in [2.45, 2.75) is 110 Å². The third-order valence-electron chi connectivity index (χ3n) is 6.73. The van der Waals surface area contributed by atoms with E-state index >= 15 is 0 Å². The zero-order valence-corrected chi connectivity index (χ0v) is 23.3. The Morgan fingerprint density at radius 3 is 1.17 bits per heavy atom. The largest absolute Gasteiger partial charge is 0.491 e. The second kappa shape index (κ2) is 21.1. The fraction of sp³-hybridized carbons (Fsp3) is 0.636. The van der Waals surface area contributed by atoms with Crippen LogP contribution < -0.4 is 9.47 Å². The molecule has 0 bridgehead atoms. The molecule has 3 heteroatoms. The van der Waals surface area contributed by atoms with Gasteiger partial charge < -0.3 is 14.2 Å². The fourth-order valence-electron chi connectivity index (χ4n) is 4.44. The molecule has 0 aliphatic heterocycles. The summed E-state index contributed by atoms with van der Waals surface area (Å²) in [5.41, 5.74) is 2.80. The number of aryl methyl sites for hydroxylation is 2. The predicted octanol–water partition coefficient (Wildman–Crippen LogP) is 9.36. The van der Waals surface area contributed by atoms with Gasteiger partial charge in [0.2, 0.25) is 0 Å². The predicted molar refractivity (Wildman–Crippen MR) is 153 cm³/mol. The normalized spacial score (nSPS) is 11.1. The average molecular weight is 497 g/mol. The minimum atomic E-state index is 0.560. The topological polar surface area (TPSA) is 27.7 Å². The van der Waals surface area contributed by atoms with Crippen molar-refractivity contribution in [3.8, 4) is 11.5 Å². The first-order chi connectivity index (χ1) is 17.8. The quantitative estimate of drug-likeness (QED) is 0.143. The number of hydrogen-bond donors (Lipinski definition) is 0. The third-order valence-corrected chi connectivity index (χ3v) is 6.73. The van der Waals surface area contributed by atoms with Crippen molar-refractivity contribution in [2.24, 2.45) is 0 Å². The molecule has 0 saturated carbocycles. The van der Waals surface area contributed by atoms with Gasteiger partial charge in [-0.1, -0.05) is 109 Å². The SMILES string of the molecule is CCCCCCCCCc1ccc(OCCOCCOc2ccc(CCCCCCCC)cc2)cc1. The van der Waals surface area contributed by atoms with E-state index in [1.54, 1.807) is 0 Å². The highest BCUT2D eigenvalue weighted by Gasteiger charge is 2.00. The fourth-order valence-corrected chi connectivity index (χ4v) is 4.44. The molecule has 202 valence electrons. The average Bonchev–Trinajstić information content (AvgIpc) is 2.91. The number of rotatable bonds is 23. The zero-order chi connectivity index (χ0) is 25.5. The summed E-state index contributed by atoms with van der Waals surface area (Å²) in [6, 6.07) is 17.1. The van der Waals surface area contributed by atoms with Gasteiger partial charge in [0.15, 0.2) is 0 Å². The van der Waals surface area contributed by atoms with E-state index in [0.717, 1.165) is 17.9 Å². The van der Waals surface area contributed by atoms with E-state index in [-0.39, 0.29) is 0 Å². The van der Waals surface area contributed by atoms with E-state index in [2.05, 4.69) is 62.4 Å². The molecule has 0 radical (unpaired) electrons. The van der Waals surface area contributed by atoms with Gasteiger partial charge in [-0.25, -0.2) is 0 Å². The van der Waals surface area contributed by atoms with Gasteiger partial charge in [-0.05, 0) is 61.1 Å². The van der Waals surface area contributed by atoms with Crippen LogP contribution in [-0.2, 0) is 17.6 Å². The van der Waals surface area contributed by atoms with Crippen LogP contribution in [0.3, 0.4) is 0 Å². The summed E-state index contributed by atoms with van der Waals surface area (Å²) >= 11 is 0. The van der Waals surface area contributed by atoms with Gasteiger partial charge in [0.1, 0.15) is 24.7 Å². The van der Waals surface area contributed by atoms with Crippen molar-refractivity contribution >= 4 is 0 Å². The lowest BCUT2D eigenvalue weighted by Gasteiger charge is -2.10. The van der Waals surface area contributed by atoms with Crippen LogP contribution in [0.15, 0.2) is 48.5 Å². The van der Waals surface area contributed by atoms with Crippen LogP contribution in [0, 0.1) is 0 Å². The molecular weight excluding hydrogens is 444 g/mol. The maximum atomic E-state index is 5.81. The lowest BCUT2D eigenvalue weighted by Crippen LogP contribution is -2.12. The third kappa shape index (κ3) is 15.2. The first-order valence-electron chi connectivity index (χ1n) is 14.8. The number of benzene rings is 2. The van der Waals surface area contributed by atoms with Crippen LogP contribution in [0.5, 0.6) is 11.5 Å². The van der Waals surface area contributed by atoms with Crippen molar-refractivity contribution < 1.29 is 14.2 Å². The van der Waals surface area contributed by atoms with Crippen LogP contribution in [0.1, 0.15) is 108 Å². The van der Waals surface area contributed by atoms with E-state index in [9.17, 15) is 0 Å². The van der Waals surface area contributed by atoms with Gasteiger partial charge in [0, 0.05) is 0 Å². The Balaban J connectivity index is 1.44. The molecule has 0 unspecified atom stereocenters. The van der Waals surface area contributed by atoms with Crippen molar-refractivity contribution in [3.05, 3.63) is 59.7 Å². The maximum absolute atomic E-state index is 5.81. The highest BCUT2D eigenvalue weighted by Crippen LogP contribution is 2.16. The zero-order valence-electron chi connectivity index (χ0n) is 23.3. The van der Waals surface area contributed by atoms with Crippen LogP contribution in [0.4, 0.5) is 0 Å².